The SMILES string of the molecule is CCOC(=O)CCC(C)OC(=O)CC. The molecule has 82 valence electrons. The molecular formula is C10H18O4. The molecule has 0 saturated carbocycles. The summed E-state index contributed by atoms with van der Waals surface area (Å²) in [6, 6.07) is 0. The second kappa shape index (κ2) is 7.35. The molecule has 0 aromatic rings. The van der Waals surface area contributed by atoms with E-state index in [0.29, 0.717) is 25.9 Å². The van der Waals surface area contributed by atoms with Crippen LogP contribution in [0.25, 0.3) is 0 Å². The van der Waals surface area contributed by atoms with Crippen molar-refractivity contribution in [3.63, 3.8) is 0 Å². The standard InChI is InChI=1S/C10H18O4/c1-4-9(11)14-8(3)6-7-10(12)13-5-2/h8H,4-7H2,1-3H3. The molecule has 0 N–H and O–H groups in total. The van der Waals surface area contributed by atoms with E-state index in [2.05, 4.69) is 0 Å². The Bertz CT molecular complexity index is 189. The van der Waals surface area contributed by atoms with E-state index in [1.54, 1.807) is 20.8 Å². The van der Waals surface area contributed by atoms with E-state index in [1.807, 2.05) is 0 Å². The molecule has 0 aliphatic heterocycles. The summed E-state index contributed by atoms with van der Waals surface area (Å²) in [5, 5.41) is 0. The molecule has 0 heterocycles. The van der Waals surface area contributed by atoms with Crippen LogP contribution in [0.2, 0.25) is 0 Å². The minimum atomic E-state index is -0.244. The van der Waals surface area contributed by atoms with E-state index < -0.39 is 0 Å². The van der Waals surface area contributed by atoms with Gasteiger partial charge in [0.05, 0.1) is 12.7 Å². The Balaban J connectivity index is 3.57. The zero-order valence-electron chi connectivity index (χ0n) is 9.04. The van der Waals surface area contributed by atoms with Crippen LogP contribution in [0.15, 0.2) is 0 Å². The van der Waals surface area contributed by atoms with Gasteiger partial charge in [-0.3, -0.25) is 9.59 Å². The fraction of sp³-hybridized carbons (Fsp3) is 0.800. The molecule has 0 aliphatic rings. The number of carbonyl (C=O) groups excluding carboxylic acids is 2. The van der Waals surface area contributed by atoms with Crippen LogP contribution in [0, 0.1) is 0 Å². The highest BCUT2D eigenvalue weighted by atomic mass is 16.5. The summed E-state index contributed by atoms with van der Waals surface area (Å²) in [4.78, 5) is 21.8. The Labute approximate surface area is 84.6 Å². The third-order valence-electron chi connectivity index (χ3n) is 1.68. The van der Waals surface area contributed by atoms with Crippen molar-refractivity contribution in [2.24, 2.45) is 0 Å². The predicted molar refractivity (Wildman–Crippen MR) is 51.7 cm³/mol. The maximum Gasteiger partial charge on any atom is 0.305 e. The molecule has 4 nitrogen and oxygen atoms in total. The molecule has 1 unspecified atom stereocenters. The molecule has 0 aromatic carbocycles. The zero-order chi connectivity index (χ0) is 11.0. The Morgan fingerprint density at radius 2 is 1.86 bits per heavy atom. The van der Waals surface area contributed by atoms with Crippen LogP contribution in [-0.2, 0) is 19.1 Å². The number of esters is 2. The lowest BCUT2D eigenvalue weighted by Crippen LogP contribution is -2.16. The van der Waals surface area contributed by atoms with Crippen molar-refractivity contribution in [3.8, 4) is 0 Å². The molecule has 0 aromatic heterocycles. The Morgan fingerprint density at radius 3 is 2.36 bits per heavy atom. The first-order valence-corrected chi connectivity index (χ1v) is 4.95. The van der Waals surface area contributed by atoms with E-state index in [1.165, 1.54) is 0 Å². The van der Waals surface area contributed by atoms with E-state index in [-0.39, 0.29) is 18.0 Å². The van der Waals surface area contributed by atoms with Gasteiger partial charge in [0, 0.05) is 12.8 Å². The predicted octanol–water partition coefficient (Wildman–Crippen LogP) is 1.67. The van der Waals surface area contributed by atoms with E-state index in [4.69, 9.17) is 9.47 Å². The fourth-order valence-electron chi connectivity index (χ4n) is 0.921. The molecule has 1 atom stereocenters. The van der Waals surface area contributed by atoms with Crippen LogP contribution in [0.1, 0.15) is 40.0 Å². The quantitative estimate of drug-likeness (QED) is 0.615. The van der Waals surface area contributed by atoms with Gasteiger partial charge in [-0.1, -0.05) is 6.92 Å². The average molecular weight is 202 g/mol. The second-order valence-electron chi connectivity index (χ2n) is 3.00. The third kappa shape index (κ3) is 6.46. The van der Waals surface area contributed by atoms with E-state index >= 15 is 0 Å². The Kier molecular flexibility index (Phi) is 6.80. The number of hydrogen-bond donors (Lipinski definition) is 0. The lowest BCUT2D eigenvalue weighted by atomic mass is 10.2. The number of carbonyl (C=O) groups is 2. The van der Waals surface area contributed by atoms with Gasteiger partial charge in [0.1, 0.15) is 0 Å². The first kappa shape index (κ1) is 12.9. The summed E-state index contributed by atoms with van der Waals surface area (Å²) in [6.07, 6.45) is 0.965. The minimum Gasteiger partial charge on any atom is -0.466 e. The van der Waals surface area contributed by atoms with Gasteiger partial charge < -0.3 is 9.47 Å². The molecule has 0 saturated heterocycles. The zero-order valence-corrected chi connectivity index (χ0v) is 9.04. The Hall–Kier alpha value is -1.06. The highest BCUT2D eigenvalue weighted by Gasteiger charge is 2.10. The Morgan fingerprint density at radius 1 is 1.21 bits per heavy atom. The monoisotopic (exact) mass is 202 g/mol. The van der Waals surface area contributed by atoms with Crippen LogP contribution in [0.3, 0.4) is 0 Å². The third-order valence-corrected chi connectivity index (χ3v) is 1.68. The van der Waals surface area contributed by atoms with Crippen molar-refractivity contribution < 1.29 is 19.1 Å². The highest BCUT2D eigenvalue weighted by Crippen LogP contribution is 2.04. The lowest BCUT2D eigenvalue weighted by Gasteiger charge is -2.11. The maximum absolute atomic E-state index is 10.9. The summed E-state index contributed by atoms with van der Waals surface area (Å²) in [6.45, 7) is 5.66. The van der Waals surface area contributed by atoms with Crippen LogP contribution in [0.4, 0.5) is 0 Å². The van der Waals surface area contributed by atoms with Crippen LogP contribution >= 0.6 is 0 Å². The number of hydrogen-bond acceptors (Lipinski definition) is 4. The van der Waals surface area contributed by atoms with Crippen molar-refractivity contribution in [3.05, 3.63) is 0 Å². The number of ether oxygens (including phenoxy) is 2. The summed E-state index contributed by atoms with van der Waals surface area (Å²) in [5.74, 6) is -0.478. The van der Waals surface area contributed by atoms with Crippen LogP contribution in [-0.4, -0.2) is 24.6 Å². The fourth-order valence-corrected chi connectivity index (χ4v) is 0.921. The van der Waals surface area contributed by atoms with E-state index in [0.717, 1.165) is 0 Å². The van der Waals surface area contributed by atoms with Crippen molar-refractivity contribution in [1.29, 1.82) is 0 Å². The van der Waals surface area contributed by atoms with Crippen LogP contribution < -0.4 is 0 Å². The molecule has 0 aliphatic carbocycles. The van der Waals surface area contributed by atoms with Gasteiger partial charge in [-0.2, -0.15) is 0 Å². The van der Waals surface area contributed by atoms with Gasteiger partial charge in [-0.15, -0.1) is 0 Å². The molecular weight excluding hydrogens is 184 g/mol. The molecule has 0 amide bonds. The number of rotatable bonds is 6. The second-order valence-corrected chi connectivity index (χ2v) is 3.00. The molecule has 0 rings (SSSR count). The first-order valence-electron chi connectivity index (χ1n) is 4.95. The largest absolute Gasteiger partial charge is 0.466 e. The van der Waals surface area contributed by atoms with Gasteiger partial charge >= 0.3 is 11.9 Å². The van der Waals surface area contributed by atoms with E-state index in [9.17, 15) is 9.59 Å². The highest BCUT2D eigenvalue weighted by molar-refractivity contribution is 5.70. The first-order chi connectivity index (χ1) is 6.60. The average Bonchev–Trinajstić information content (AvgIpc) is 2.15. The van der Waals surface area contributed by atoms with Crippen molar-refractivity contribution >= 4 is 11.9 Å². The van der Waals surface area contributed by atoms with Gasteiger partial charge in [0.15, 0.2) is 0 Å². The minimum absolute atomic E-state index is 0.216. The molecule has 14 heavy (non-hydrogen) atoms. The topological polar surface area (TPSA) is 52.6 Å². The van der Waals surface area contributed by atoms with Gasteiger partial charge in [0.2, 0.25) is 0 Å². The van der Waals surface area contributed by atoms with Gasteiger partial charge in [-0.05, 0) is 20.3 Å². The normalized spacial score (nSPS) is 11.9. The van der Waals surface area contributed by atoms with Crippen molar-refractivity contribution in [1.82, 2.24) is 0 Å². The smallest absolute Gasteiger partial charge is 0.305 e. The molecule has 0 bridgehead atoms. The van der Waals surface area contributed by atoms with Crippen molar-refractivity contribution in [2.45, 2.75) is 46.1 Å². The van der Waals surface area contributed by atoms with Gasteiger partial charge in [0.25, 0.3) is 0 Å². The lowest BCUT2D eigenvalue weighted by molar-refractivity contribution is -0.151. The summed E-state index contributed by atoms with van der Waals surface area (Å²) in [7, 11) is 0. The summed E-state index contributed by atoms with van der Waals surface area (Å²) in [5.41, 5.74) is 0. The van der Waals surface area contributed by atoms with Crippen molar-refractivity contribution in [2.75, 3.05) is 6.61 Å². The molecule has 0 spiro atoms. The van der Waals surface area contributed by atoms with Crippen LogP contribution in [0.5, 0.6) is 0 Å². The van der Waals surface area contributed by atoms with Gasteiger partial charge in [-0.25, -0.2) is 0 Å². The molecule has 4 heteroatoms. The maximum atomic E-state index is 10.9. The molecule has 0 fully saturated rings. The molecule has 0 radical (unpaired) electrons. The summed E-state index contributed by atoms with van der Waals surface area (Å²) >= 11 is 0. The summed E-state index contributed by atoms with van der Waals surface area (Å²) < 4.78 is 9.73.